The number of ether oxygens (including phenoxy) is 1. The van der Waals surface area contributed by atoms with Crippen molar-refractivity contribution in [2.45, 2.75) is 25.7 Å². The second kappa shape index (κ2) is 10.4. The molecule has 0 radical (unpaired) electrons. The predicted octanol–water partition coefficient (Wildman–Crippen LogP) is 4.59. The molecule has 1 aliphatic rings. The molecule has 0 atom stereocenters. The van der Waals surface area contributed by atoms with Crippen LogP contribution in [0.4, 0.5) is 15.9 Å². The highest BCUT2D eigenvalue weighted by molar-refractivity contribution is 5.94. The van der Waals surface area contributed by atoms with E-state index in [9.17, 15) is 9.18 Å². The highest BCUT2D eigenvalue weighted by Crippen LogP contribution is 2.33. The van der Waals surface area contributed by atoms with E-state index >= 15 is 0 Å². The number of nitrogens with one attached hydrogen (secondary N) is 2. The number of aromatic nitrogens is 4. The van der Waals surface area contributed by atoms with Crippen LogP contribution in [0.3, 0.4) is 0 Å². The van der Waals surface area contributed by atoms with Crippen LogP contribution >= 0.6 is 0 Å². The summed E-state index contributed by atoms with van der Waals surface area (Å²) in [5.41, 5.74) is 4.24. The molecular formula is C27H29FN6O2. The molecule has 0 bridgehead atoms. The first-order valence-corrected chi connectivity index (χ1v) is 12.1. The van der Waals surface area contributed by atoms with E-state index in [4.69, 9.17) is 9.72 Å². The lowest BCUT2D eigenvalue weighted by Gasteiger charge is -2.32. The summed E-state index contributed by atoms with van der Waals surface area (Å²) in [4.78, 5) is 31.0. The van der Waals surface area contributed by atoms with Gasteiger partial charge in [-0.25, -0.2) is 14.4 Å². The number of nitrogens with zero attached hydrogens (tertiary/aromatic N) is 4. The topological polar surface area (TPSA) is 96.0 Å². The van der Waals surface area contributed by atoms with Gasteiger partial charge in [0.1, 0.15) is 18.2 Å². The van der Waals surface area contributed by atoms with Crippen LogP contribution in [0.2, 0.25) is 0 Å². The van der Waals surface area contributed by atoms with Gasteiger partial charge in [0.2, 0.25) is 5.88 Å². The molecule has 5 rings (SSSR count). The Bertz CT molecular complexity index is 1430. The molecule has 1 aromatic carbocycles. The summed E-state index contributed by atoms with van der Waals surface area (Å²) in [5.74, 6) is 1.30. The van der Waals surface area contributed by atoms with Crippen LogP contribution in [0.1, 0.15) is 29.9 Å². The first kappa shape index (κ1) is 23.9. The Morgan fingerprint density at radius 1 is 1.14 bits per heavy atom. The number of benzene rings is 1. The highest BCUT2D eigenvalue weighted by atomic mass is 19.1. The standard InChI is InChI=1S/C27H29FN6O2/c1-17-13-20(3-4-21(17)18-6-10-34(11-7-18)12-8-28)31-26-25-19(5-9-30-27(25)35)14-22(33-26)23-15-29-16-24(32-23)36-2/h3-5,9,13-16,18H,6-8,10-12H2,1-2H3,(H,30,35)(H,31,33). The van der Waals surface area contributed by atoms with Crippen LogP contribution < -0.4 is 15.6 Å². The number of hydrogen-bond donors (Lipinski definition) is 2. The van der Waals surface area contributed by atoms with Crippen molar-refractivity contribution in [3.8, 4) is 17.3 Å². The molecule has 4 heterocycles. The number of fused-ring (bicyclic) bond motifs is 1. The molecule has 4 aromatic rings. The molecule has 36 heavy (non-hydrogen) atoms. The van der Waals surface area contributed by atoms with Gasteiger partial charge in [-0.15, -0.1) is 0 Å². The second-order valence-corrected chi connectivity index (χ2v) is 9.08. The fourth-order valence-electron chi connectivity index (χ4n) is 4.94. The zero-order chi connectivity index (χ0) is 25.1. The third-order valence-electron chi connectivity index (χ3n) is 6.80. The van der Waals surface area contributed by atoms with Crippen molar-refractivity contribution >= 4 is 22.3 Å². The normalized spacial score (nSPS) is 14.8. The summed E-state index contributed by atoms with van der Waals surface area (Å²) in [6.45, 7) is 4.19. The second-order valence-electron chi connectivity index (χ2n) is 9.08. The number of hydrogen-bond acceptors (Lipinski definition) is 7. The van der Waals surface area contributed by atoms with Crippen LogP contribution in [0.5, 0.6) is 5.88 Å². The minimum absolute atomic E-state index is 0.223. The first-order chi connectivity index (χ1) is 17.6. The fraction of sp³-hybridized carbons (Fsp3) is 0.333. The Hall–Kier alpha value is -3.85. The Kier molecular flexibility index (Phi) is 6.90. The summed E-state index contributed by atoms with van der Waals surface area (Å²) >= 11 is 0. The van der Waals surface area contributed by atoms with Crippen molar-refractivity contribution in [2.24, 2.45) is 0 Å². The van der Waals surface area contributed by atoms with E-state index in [2.05, 4.69) is 44.2 Å². The smallest absolute Gasteiger partial charge is 0.259 e. The number of halogens is 1. The fourth-order valence-corrected chi connectivity index (χ4v) is 4.94. The highest BCUT2D eigenvalue weighted by Gasteiger charge is 2.22. The van der Waals surface area contributed by atoms with Crippen molar-refractivity contribution < 1.29 is 9.13 Å². The van der Waals surface area contributed by atoms with Gasteiger partial charge in [-0.1, -0.05) is 6.07 Å². The van der Waals surface area contributed by atoms with Crippen molar-refractivity contribution in [2.75, 3.05) is 38.7 Å². The average molecular weight is 489 g/mol. The summed E-state index contributed by atoms with van der Waals surface area (Å²) in [6, 6.07) is 9.93. The van der Waals surface area contributed by atoms with Gasteiger partial charge in [-0.2, -0.15) is 0 Å². The molecule has 1 fully saturated rings. The van der Waals surface area contributed by atoms with Gasteiger partial charge in [-0.05, 0) is 79.6 Å². The van der Waals surface area contributed by atoms with Gasteiger partial charge in [0.05, 0.1) is 30.6 Å². The molecular weight excluding hydrogens is 459 g/mol. The van der Waals surface area contributed by atoms with E-state index in [0.29, 0.717) is 40.9 Å². The van der Waals surface area contributed by atoms with E-state index in [-0.39, 0.29) is 12.2 Å². The lowest BCUT2D eigenvalue weighted by Crippen LogP contribution is -2.34. The van der Waals surface area contributed by atoms with Gasteiger partial charge >= 0.3 is 0 Å². The van der Waals surface area contributed by atoms with Gasteiger partial charge in [0, 0.05) is 18.4 Å². The number of likely N-dealkylation sites (tertiary alicyclic amines) is 1. The third kappa shape index (κ3) is 4.92. The van der Waals surface area contributed by atoms with Gasteiger partial charge in [-0.3, -0.25) is 9.78 Å². The van der Waals surface area contributed by atoms with Gasteiger partial charge in [0.15, 0.2) is 0 Å². The average Bonchev–Trinajstić information content (AvgIpc) is 2.89. The number of aromatic amines is 1. The van der Waals surface area contributed by atoms with E-state index in [1.807, 2.05) is 18.2 Å². The number of methoxy groups -OCH3 is 1. The maximum Gasteiger partial charge on any atom is 0.259 e. The molecule has 186 valence electrons. The minimum Gasteiger partial charge on any atom is -0.480 e. The maximum absolute atomic E-state index is 12.7. The van der Waals surface area contributed by atoms with Crippen molar-refractivity contribution in [1.29, 1.82) is 0 Å². The molecule has 1 saturated heterocycles. The predicted molar refractivity (Wildman–Crippen MR) is 139 cm³/mol. The van der Waals surface area contributed by atoms with E-state index in [1.165, 1.54) is 24.4 Å². The van der Waals surface area contributed by atoms with Crippen LogP contribution in [0.15, 0.2) is 53.7 Å². The molecule has 0 spiro atoms. The molecule has 8 nitrogen and oxygen atoms in total. The Morgan fingerprint density at radius 3 is 2.72 bits per heavy atom. The summed E-state index contributed by atoms with van der Waals surface area (Å²) in [5, 5.41) is 4.57. The summed E-state index contributed by atoms with van der Waals surface area (Å²) in [6.07, 6.45) is 6.82. The van der Waals surface area contributed by atoms with Crippen molar-refractivity contribution in [3.05, 3.63) is 70.4 Å². The number of rotatable bonds is 7. The molecule has 0 amide bonds. The maximum atomic E-state index is 12.7. The number of alkyl halides is 1. The van der Waals surface area contributed by atoms with Crippen molar-refractivity contribution in [1.82, 2.24) is 24.8 Å². The SMILES string of the molecule is COc1cncc(-c2cc3cc[nH]c(=O)c3c(Nc3ccc(C4CCN(CCF)CC4)c(C)c3)n2)n1. The molecule has 0 saturated carbocycles. The van der Waals surface area contributed by atoms with E-state index in [0.717, 1.165) is 37.0 Å². The summed E-state index contributed by atoms with van der Waals surface area (Å²) in [7, 11) is 1.54. The minimum atomic E-state index is -0.290. The zero-order valence-corrected chi connectivity index (χ0v) is 20.4. The number of H-pyrrole nitrogens is 1. The quantitative estimate of drug-likeness (QED) is 0.393. The lowest BCUT2D eigenvalue weighted by molar-refractivity contribution is 0.197. The van der Waals surface area contributed by atoms with Gasteiger partial charge < -0.3 is 19.9 Å². The van der Waals surface area contributed by atoms with E-state index in [1.54, 1.807) is 12.4 Å². The van der Waals surface area contributed by atoms with Crippen LogP contribution in [0, 0.1) is 6.92 Å². The Morgan fingerprint density at radius 2 is 1.97 bits per heavy atom. The molecule has 2 N–H and O–H groups in total. The lowest BCUT2D eigenvalue weighted by atomic mass is 9.86. The monoisotopic (exact) mass is 488 g/mol. The van der Waals surface area contributed by atoms with Crippen LogP contribution in [-0.2, 0) is 0 Å². The third-order valence-corrected chi connectivity index (χ3v) is 6.80. The van der Waals surface area contributed by atoms with Crippen molar-refractivity contribution in [3.63, 3.8) is 0 Å². The summed E-state index contributed by atoms with van der Waals surface area (Å²) < 4.78 is 17.9. The van der Waals surface area contributed by atoms with Gasteiger partial charge in [0.25, 0.3) is 5.56 Å². The Labute approximate surface area is 208 Å². The van der Waals surface area contributed by atoms with E-state index < -0.39 is 0 Å². The zero-order valence-electron chi connectivity index (χ0n) is 20.4. The number of anilines is 2. The number of piperidine rings is 1. The Balaban J connectivity index is 1.46. The van der Waals surface area contributed by atoms with Crippen LogP contribution in [0.25, 0.3) is 22.2 Å². The molecule has 9 heteroatoms. The molecule has 3 aromatic heterocycles. The largest absolute Gasteiger partial charge is 0.480 e. The first-order valence-electron chi connectivity index (χ1n) is 12.1. The molecule has 1 aliphatic heterocycles. The number of aryl methyl sites for hydroxylation is 1. The number of pyridine rings is 2. The van der Waals surface area contributed by atoms with Crippen LogP contribution in [-0.4, -0.2) is 58.3 Å². The molecule has 0 unspecified atom stereocenters. The molecule has 0 aliphatic carbocycles.